The number of carbonyl (C=O) groups is 3. The summed E-state index contributed by atoms with van der Waals surface area (Å²) in [5.74, 6) is 1.61. The molecule has 1 heterocycles. The molecule has 0 unspecified atom stereocenters. The third-order valence-corrected chi connectivity index (χ3v) is 5.43. The minimum absolute atomic E-state index is 0.0340. The second-order valence-corrected chi connectivity index (χ2v) is 7.80. The van der Waals surface area contributed by atoms with Crippen LogP contribution >= 0.6 is 23.2 Å². The van der Waals surface area contributed by atoms with E-state index in [0.717, 1.165) is 4.90 Å². The van der Waals surface area contributed by atoms with Crippen molar-refractivity contribution in [1.82, 2.24) is 5.32 Å². The first-order valence-corrected chi connectivity index (χ1v) is 10.9. The van der Waals surface area contributed by atoms with Crippen molar-refractivity contribution < 1.29 is 23.9 Å². The first-order valence-electron chi connectivity index (χ1n) is 10.1. The van der Waals surface area contributed by atoms with Crippen molar-refractivity contribution in [2.24, 2.45) is 0 Å². The molecule has 174 valence electrons. The molecule has 0 radical (unpaired) electrons. The van der Waals surface area contributed by atoms with Crippen LogP contribution in [0.2, 0.25) is 10.0 Å². The fourth-order valence-electron chi connectivity index (χ4n) is 3.30. The highest BCUT2D eigenvalue weighted by molar-refractivity contribution is 6.43. The van der Waals surface area contributed by atoms with E-state index in [0.29, 0.717) is 35.7 Å². The summed E-state index contributed by atoms with van der Waals surface area (Å²) < 4.78 is 11.4. The number of ether oxygens (including phenoxy) is 2. The molecule has 0 atom stereocenters. The average molecular weight is 499 g/mol. The molecule has 2 aromatic rings. The number of carbonyl (C=O) groups excluding carboxylic acids is 3. The van der Waals surface area contributed by atoms with Crippen molar-refractivity contribution in [3.63, 3.8) is 0 Å². The van der Waals surface area contributed by atoms with Gasteiger partial charge in [-0.2, -0.15) is 0 Å². The molecular formula is C25H20Cl2N2O5. The second kappa shape index (κ2) is 10.9. The maximum Gasteiger partial charge on any atom is 0.335 e. The number of rotatable bonds is 8. The van der Waals surface area contributed by atoms with E-state index >= 15 is 0 Å². The molecule has 0 saturated carbocycles. The molecule has 34 heavy (non-hydrogen) atoms. The number of allylic oxidation sites excluding steroid dienone is 1. The van der Waals surface area contributed by atoms with E-state index in [-0.39, 0.29) is 27.9 Å². The van der Waals surface area contributed by atoms with Crippen molar-refractivity contribution in [3.05, 3.63) is 69.7 Å². The number of halogens is 2. The van der Waals surface area contributed by atoms with Crippen molar-refractivity contribution in [2.75, 3.05) is 18.1 Å². The zero-order valence-electron chi connectivity index (χ0n) is 18.2. The van der Waals surface area contributed by atoms with Crippen LogP contribution in [-0.2, 0) is 16.0 Å². The third-order valence-electron chi connectivity index (χ3n) is 4.69. The lowest BCUT2D eigenvalue weighted by Crippen LogP contribution is -2.54. The third kappa shape index (κ3) is 5.25. The Morgan fingerprint density at radius 1 is 1.15 bits per heavy atom. The summed E-state index contributed by atoms with van der Waals surface area (Å²) in [6, 6.07) is 6.71. The van der Waals surface area contributed by atoms with Gasteiger partial charge in [0, 0.05) is 5.56 Å². The van der Waals surface area contributed by atoms with Gasteiger partial charge in [0.1, 0.15) is 12.2 Å². The van der Waals surface area contributed by atoms with Gasteiger partial charge in [0.15, 0.2) is 11.5 Å². The molecular weight excluding hydrogens is 479 g/mol. The number of terminal acetylenes is 1. The Morgan fingerprint density at radius 3 is 2.56 bits per heavy atom. The van der Waals surface area contributed by atoms with E-state index < -0.39 is 17.8 Å². The molecule has 1 saturated heterocycles. The summed E-state index contributed by atoms with van der Waals surface area (Å²) >= 11 is 12.0. The highest BCUT2D eigenvalue weighted by atomic mass is 35.5. The smallest absolute Gasteiger partial charge is 0.335 e. The summed E-state index contributed by atoms with van der Waals surface area (Å²) in [4.78, 5) is 39.0. The van der Waals surface area contributed by atoms with Crippen LogP contribution in [0.3, 0.4) is 0 Å². The van der Waals surface area contributed by atoms with E-state index in [1.165, 1.54) is 24.3 Å². The minimum atomic E-state index is -0.897. The lowest BCUT2D eigenvalue weighted by atomic mass is 10.0. The molecule has 9 heteroatoms. The lowest BCUT2D eigenvalue weighted by Gasteiger charge is -2.26. The monoisotopic (exact) mass is 498 g/mol. The maximum atomic E-state index is 13.2. The summed E-state index contributed by atoms with van der Waals surface area (Å²) in [6.07, 6.45) is 8.79. The molecule has 0 spiro atoms. The summed E-state index contributed by atoms with van der Waals surface area (Å²) in [5.41, 5.74) is 1.09. The summed E-state index contributed by atoms with van der Waals surface area (Å²) in [6.45, 7) is 5.94. The fraction of sp³-hybridized carbons (Fsp3) is 0.160. The van der Waals surface area contributed by atoms with Gasteiger partial charge in [0.2, 0.25) is 0 Å². The number of barbiturate groups is 1. The van der Waals surface area contributed by atoms with Gasteiger partial charge in [-0.05, 0) is 55.3 Å². The van der Waals surface area contributed by atoms with E-state index in [9.17, 15) is 14.4 Å². The Kier molecular flexibility index (Phi) is 8.00. The number of hydrogen-bond acceptors (Lipinski definition) is 5. The number of imide groups is 2. The molecule has 4 amide bonds. The molecule has 0 bridgehead atoms. The van der Waals surface area contributed by atoms with Gasteiger partial charge >= 0.3 is 6.03 Å². The number of benzene rings is 2. The van der Waals surface area contributed by atoms with Crippen LogP contribution in [0.4, 0.5) is 10.5 Å². The van der Waals surface area contributed by atoms with Crippen LogP contribution in [0, 0.1) is 12.3 Å². The van der Waals surface area contributed by atoms with Gasteiger partial charge in [-0.3, -0.25) is 14.9 Å². The van der Waals surface area contributed by atoms with Gasteiger partial charge in [-0.25, -0.2) is 9.69 Å². The van der Waals surface area contributed by atoms with Crippen molar-refractivity contribution in [2.45, 2.75) is 13.3 Å². The zero-order valence-corrected chi connectivity index (χ0v) is 19.7. The topological polar surface area (TPSA) is 84.9 Å². The molecule has 0 aliphatic carbocycles. The molecule has 3 rings (SSSR count). The molecule has 1 aliphatic heterocycles. The number of anilines is 1. The van der Waals surface area contributed by atoms with Crippen molar-refractivity contribution >= 4 is 52.8 Å². The quantitative estimate of drug-likeness (QED) is 0.244. The number of urea groups is 1. The van der Waals surface area contributed by atoms with Gasteiger partial charge in [0.05, 0.1) is 22.3 Å². The van der Waals surface area contributed by atoms with E-state index in [1.807, 2.05) is 6.92 Å². The van der Waals surface area contributed by atoms with Crippen LogP contribution in [-0.4, -0.2) is 31.1 Å². The summed E-state index contributed by atoms with van der Waals surface area (Å²) in [5, 5.41) is 2.58. The first kappa shape index (κ1) is 24.9. The Bertz CT molecular complexity index is 1250. The number of hydrogen-bond donors (Lipinski definition) is 1. The Hall–Kier alpha value is -3.73. The Morgan fingerprint density at radius 2 is 1.91 bits per heavy atom. The van der Waals surface area contributed by atoms with Crippen LogP contribution in [0.25, 0.3) is 6.08 Å². The molecule has 1 aliphatic rings. The van der Waals surface area contributed by atoms with E-state index in [1.54, 1.807) is 18.2 Å². The van der Waals surface area contributed by atoms with Gasteiger partial charge < -0.3 is 9.47 Å². The number of amides is 4. The van der Waals surface area contributed by atoms with E-state index in [2.05, 4.69) is 17.8 Å². The average Bonchev–Trinajstić information content (AvgIpc) is 2.79. The number of nitrogens with zero attached hydrogens (tertiary/aromatic N) is 1. The largest absolute Gasteiger partial charge is 0.490 e. The van der Waals surface area contributed by atoms with Crippen LogP contribution in [0.15, 0.2) is 48.6 Å². The first-order chi connectivity index (χ1) is 16.3. The van der Waals surface area contributed by atoms with Crippen molar-refractivity contribution in [1.29, 1.82) is 0 Å². The molecule has 2 aromatic carbocycles. The lowest BCUT2D eigenvalue weighted by molar-refractivity contribution is -0.122. The maximum absolute atomic E-state index is 13.2. The molecule has 7 nitrogen and oxygen atoms in total. The predicted octanol–water partition coefficient (Wildman–Crippen LogP) is 4.80. The van der Waals surface area contributed by atoms with Crippen molar-refractivity contribution in [3.8, 4) is 23.8 Å². The van der Waals surface area contributed by atoms with Gasteiger partial charge in [-0.15, -0.1) is 13.0 Å². The highest BCUT2D eigenvalue weighted by Gasteiger charge is 2.37. The van der Waals surface area contributed by atoms with Crippen LogP contribution < -0.4 is 19.7 Å². The molecule has 1 N–H and O–H groups in total. The molecule has 0 aromatic heterocycles. The van der Waals surface area contributed by atoms with Gasteiger partial charge in [0.25, 0.3) is 11.8 Å². The normalized spacial score (nSPS) is 14.6. The summed E-state index contributed by atoms with van der Waals surface area (Å²) in [7, 11) is 0. The van der Waals surface area contributed by atoms with Gasteiger partial charge in [-0.1, -0.05) is 35.2 Å². The highest BCUT2D eigenvalue weighted by Crippen LogP contribution is 2.35. The molecule has 1 fully saturated rings. The second-order valence-electron chi connectivity index (χ2n) is 6.98. The van der Waals surface area contributed by atoms with E-state index in [4.69, 9.17) is 39.1 Å². The SMILES string of the molecule is C#CCOc1c(CC=C)cc(/C=C2\C(=O)NC(=O)N(c3ccc(Cl)c(Cl)c3)C2=O)cc1OCC. The van der Waals surface area contributed by atoms with Crippen LogP contribution in [0.1, 0.15) is 18.1 Å². The number of nitrogens with one attached hydrogen (secondary N) is 1. The minimum Gasteiger partial charge on any atom is -0.490 e. The zero-order chi connectivity index (χ0) is 24.8. The fourth-order valence-corrected chi connectivity index (χ4v) is 3.59. The predicted molar refractivity (Wildman–Crippen MR) is 131 cm³/mol. The Balaban J connectivity index is 2.08. The Labute approximate surface area is 206 Å². The van der Waals surface area contributed by atoms with Crippen LogP contribution in [0.5, 0.6) is 11.5 Å². The standard InChI is InChI=1S/C25H20Cl2N2O5/c1-4-7-16-11-15(13-21(33-6-3)22(16)34-10-5-2)12-18-23(30)28-25(32)29(24(18)31)17-8-9-19(26)20(27)14-17/h2,4,8-9,11-14H,1,6-7,10H2,3H3,(H,28,30,32)/b18-12+.